The van der Waals surface area contributed by atoms with E-state index in [4.69, 9.17) is 5.73 Å². The molecule has 1 aliphatic rings. The van der Waals surface area contributed by atoms with Gasteiger partial charge in [-0.2, -0.15) is 0 Å². The number of benzene rings is 1. The number of nitrogens with one attached hydrogen (secondary N) is 1. The van der Waals surface area contributed by atoms with Crippen molar-refractivity contribution in [2.75, 3.05) is 25.0 Å². The molecule has 0 aliphatic heterocycles. The van der Waals surface area contributed by atoms with E-state index in [1.165, 1.54) is 26.3 Å². The van der Waals surface area contributed by atoms with E-state index >= 15 is 0 Å². The van der Waals surface area contributed by atoms with Gasteiger partial charge < -0.3 is 10.6 Å². The van der Waals surface area contributed by atoms with Gasteiger partial charge in [0.15, 0.2) is 0 Å². The van der Waals surface area contributed by atoms with E-state index in [0.29, 0.717) is 17.5 Å². The first-order valence-corrected chi connectivity index (χ1v) is 8.07. The Morgan fingerprint density at radius 1 is 1.32 bits per heavy atom. The third kappa shape index (κ3) is 3.08. The zero-order valence-electron chi connectivity index (χ0n) is 11.2. The van der Waals surface area contributed by atoms with Crippen LogP contribution in [0.4, 0.5) is 5.69 Å². The second-order valence-corrected chi connectivity index (χ2v) is 6.65. The zero-order chi connectivity index (χ0) is 13.9. The van der Waals surface area contributed by atoms with E-state index in [1.807, 2.05) is 12.1 Å². The largest absolute Gasteiger partial charge is 0.367 e. The van der Waals surface area contributed by atoms with Crippen molar-refractivity contribution in [3.63, 3.8) is 0 Å². The summed E-state index contributed by atoms with van der Waals surface area (Å²) in [5.41, 5.74) is 6.70. The van der Waals surface area contributed by atoms with Gasteiger partial charge in [0.25, 0.3) is 0 Å². The van der Waals surface area contributed by atoms with Crippen LogP contribution < -0.4 is 15.4 Å². The summed E-state index contributed by atoms with van der Waals surface area (Å²) in [4.78, 5) is 2.57. The third-order valence-corrected chi connectivity index (χ3v) is 5.06. The van der Waals surface area contributed by atoms with Crippen molar-refractivity contribution in [2.45, 2.75) is 30.2 Å². The summed E-state index contributed by atoms with van der Waals surface area (Å²) in [6, 6.07) is 7.55. The molecule has 0 aromatic heterocycles. The molecule has 0 spiro atoms. The van der Waals surface area contributed by atoms with Gasteiger partial charge in [0.2, 0.25) is 10.0 Å². The molecular weight excluding hydrogens is 262 g/mol. The topological polar surface area (TPSA) is 75.4 Å². The van der Waals surface area contributed by atoms with E-state index in [1.54, 1.807) is 12.1 Å². The molecule has 0 bridgehead atoms. The minimum Gasteiger partial charge on any atom is -0.367 e. The predicted molar refractivity (Wildman–Crippen MR) is 76.7 cm³/mol. The quantitative estimate of drug-likeness (QED) is 0.814. The Balaban J connectivity index is 2.20. The first-order chi connectivity index (χ1) is 9.08. The van der Waals surface area contributed by atoms with Gasteiger partial charge >= 0.3 is 0 Å². The molecule has 2 rings (SSSR count). The highest BCUT2D eigenvalue weighted by atomic mass is 32.2. The maximum absolute atomic E-state index is 11.7. The van der Waals surface area contributed by atoms with Crippen molar-refractivity contribution in [3.05, 3.63) is 24.3 Å². The van der Waals surface area contributed by atoms with Crippen LogP contribution in [0.2, 0.25) is 0 Å². The Morgan fingerprint density at radius 2 is 1.95 bits per heavy atom. The SMILES string of the molecule is CNS(=O)(=O)c1ccc(N(CCN)C2CCC2)cc1. The molecule has 0 radical (unpaired) electrons. The third-order valence-electron chi connectivity index (χ3n) is 3.63. The summed E-state index contributed by atoms with van der Waals surface area (Å²) in [6.07, 6.45) is 3.64. The van der Waals surface area contributed by atoms with Gasteiger partial charge in [-0.1, -0.05) is 0 Å². The van der Waals surface area contributed by atoms with Crippen LogP contribution in [0.3, 0.4) is 0 Å². The molecule has 1 aliphatic carbocycles. The van der Waals surface area contributed by atoms with E-state index in [-0.39, 0.29) is 0 Å². The lowest BCUT2D eigenvalue weighted by atomic mass is 9.91. The number of hydrogen-bond donors (Lipinski definition) is 2. The molecule has 0 unspecified atom stereocenters. The molecule has 1 aromatic carbocycles. The van der Waals surface area contributed by atoms with Crippen LogP contribution in [0.25, 0.3) is 0 Å². The lowest BCUT2D eigenvalue weighted by Gasteiger charge is -2.39. The standard InChI is InChI=1S/C13H21N3O2S/c1-15-19(17,18)13-7-5-12(6-8-13)16(10-9-14)11-3-2-4-11/h5-8,11,15H,2-4,9-10,14H2,1H3. The molecule has 0 saturated heterocycles. The summed E-state index contributed by atoms with van der Waals surface area (Å²) < 4.78 is 25.6. The van der Waals surface area contributed by atoms with Gasteiger partial charge in [-0.25, -0.2) is 13.1 Å². The monoisotopic (exact) mass is 283 g/mol. The van der Waals surface area contributed by atoms with Crippen molar-refractivity contribution < 1.29 is 8.42 Å². The van der Waals surface area contributed by atoms with Gasteiger partial charge in [-0.05, 0) is 50.6 Å². The molecule has 5 nitrogen and oxygen atoms in total. The highest BCUT2D eigenvalue weighted by molar-refractivity contribution is 7.89. The molecule has 0 heterocycles. The van der Waals surface area contributed by atoms with Crippen LogP contribution >= 0.6 is 0 Å². The molecule has 1 fully saturated rings. The maximum atomic E-state index is 11.7. The molecule has 3 N–H and O–H groups in total. The fourth-order valence-corrected chi connectivity index (χ4v) is 3.02. The van der Waals surface area contributed by atoms with E-state index in [9.17, 15) is 8.42 Å². The van der Waals surface area contributed by atoms with Gasteiger partial charge in [-0.3, -0.25) is 0 Å². The predicted octanol–water partition coefficient (Wildman–Crippen LogP) is 0.912. The molecule has 6 heteroatoms. The van der Waals surface area contributed by atoms with Crippen LogP contribution in [0.15, 0.2) is 29.2 Å². The Bertz CT molecular complexity index is 509. The number of anilines is 1. The Morgan fingerprint density at radius 3 is 2.37 bits per heavy atom. The number of nitrogens with two attached hydrogens (primary N) is 1. The zero-order valence-corrected chi connectivity index (χ0v) is 12.0. The molecule has 0 amide bonds. The minimum atomic E-state index is -3.36. The fourth-order valence-electron chi connectivity index (χ4n) is 2.29. The van der Waals surface area contributed by atoms with E-state index < -0.39 is 10.0 Å². The summed E-state index contributed by atoms with van der Waals surface area (Å²) in [6.45, 7) is 1.41. The van der Waals surface area contributed by atoms with Crippen LogP contribution in [-0.2, 0) is 10.0 Å². The highest BCUT2D eigenvalue weighted by Crippen LogP contribution is 2.29. The van der Waals surface area contributed by atoms with Gasteiger partial charge in [-0.15, -0.1) is 0 Å². The molecule has 19 heavy (non-hydrogen) atoms. The van der Waals surface area contributed by atoms with Crippen molar-refractivity contribution in [3.8, 4) is 0 Å². The highest BCUT2D eigenvalue weighted by Gasteiger charge is 2.24. The second-order valence-electron chi connectivity index (χ2n) is 4.77. The summed E-state index contributed by atoms with van der Waals surface area (Å²) >= 11 is 0. The number of hydrogen-bond acceptors (Lipinski definition) is 4. The normalized spacial score (nSPS) is 16.1. The summed E-state index contributed by atoms with van der Waals surface area (Å²) in [5, 5.41) is 0. The molecule has 106 valence electrons. The number of nitrogens with zero attached hydrogens (tertiary/aromatic N) is 1. The fraction of sp³-hybridized carbons (Fsp3) is 0.538. The van der Waals surface area contributed by atoms with Crippen molar-refractivity contribution in [1.29, 1.82) is 0 Å². The average molecular weight is 283 g/mol. The molecule has 1 aromatic rings. The Labute approximate surface area is 114 Å². The lowest BCUT2D eigenvalue weighted by molar-refractivity contribution is 0.388. The Hall–Kier alpha value is -1.11. The van der Waals surface area contributed by atoms with Crippen molar-refractivity contribution >= 4 is 15.7 Å². The van der Waals surface area contributed by atoms with Gasteiger partial charge in [0, 0.05) is 24.8 Å². The molecular formula is C13H21N3O2S. The number of sulfonamides is 1. The minimum absolute atomic E-state index is 0.292. The smallest absolute Gasteiger partial charge is 0.240 e. The van der Waals surface area contributed by atoms with E-state index in [2.05, 4.69) is 9.62 Å². The average Bonchev–Trinajstić information content (AvgIpc) is 2.36. The maximum Gasteiger partial charge on any atom is 0.240 e. The summed E-state index contributed by atoms with van der Waals surface area (Å²) in [5.74, 6) is 0. The van der Waals surface area contributed by atoms with Gasteiger partial charge in [0.05, 0.1) is 4.90 Å². The molecule has 0 atom stereocenters. The lowest BCUT2D eigenvalue weighted by Crippen LogP contribution is -2.43. The molecule has 1 saturated carbocycles. The van der Waals surface area contributed by atoms with Crippen LogP contribution in [-0.4, -0.2) is 34.6 Å². The first-order valence-electron chi connectivity index (χ1n) is 6.59. The van der Waals surface area contributed by atoms with E-state index in [0.717, 1.165) is 12.2 Å². The number of rotatable bonds is 6. The first kappa shape index (κ1) is 14.3. The van der Waals surface area contributed by atoms with Crippen molar-refractivity contribution in [1.82, 2.24) is 4.72 Å². The summed E-state index contributed by atoms with van der Waals surface area (Å²) in [7, 11) is -1.94. The Kier molecular flexibility index (Phi) is 4.44. The van der Waals surface area contributed by atoms with Crippen molar-refractivity contribution in [2.24, 2.45) is 5.73 Å². The van der Waals surface area contributed by atoms with Crippen LogP contribution in [0.1, 0.15) is 19.3 Å². The second kappa shape index (κ2) is 5.90. The van der Waals surface area contributed by atoms with Crippen LogP contribution in [0, 0.1) is 0 Å². The van der Waals surface area contributed by atoms with Crippen LogP contribution in [0.5, 0.6) is 0 Å². The van der Waals surface area contributed by atoms with Gasteiger partial charge in [0.1, 0.15) is 0 Å².